The molecule has 0 unspecified atom stereocenters. The molecule has 0 aliphatic heterocycles. The fraction of sp³-hybridized carbons (Fsp3) is 0.222. The lowest BCUT2D eigenvalue weighted by molar-refractivity contribution is -0.118. The number of aromatic nitrogens is 2. The molecule has 188 valence electrons. The molecule has 0 spiro atoms. The SMILES string of the molecule is COC(=O)c1ccc(/C=N\NC(=O)CSc2nc3sc4c(c3c(=O)n2-c2ccccc2)CCCC4)cc1. The molecule has 1 N–H and O–H groups in total. The molecule has 1 aliphatic rings. The van der Waals surface area contributed by atoms with Crippen molar-refractivity contribution in [2.75, 3.05) is 12.9 Å². The van der Waals surface area contributed by atoms with E-state index in [0.717, 1.165) is 36.1 Å². The van der Waals surface area contributed by atoms with Crippen LogP contribution in [-0.2, 0) is 22.4 Å². The normalized spacial score (nSPS) is 13.0. The number of carbonyl (C=O) groups is 2. The Morgan fingerprint density at radius 3 is 2.65 bits per heavy atom. The third-order valence-corrected chi connectivity index (χ3v) is 8.16. The van der Waals surface area contributed by atoms with E-state index in [0.29, 0.717) is 27.4 Å². The van der Waals surface area contributed by atoms with Crippen molar-refractivity contribution in [3.8, 4) is 5.69 Å². The topological polar surface area (TPSA) is 103 Å². The van der Waals surface area contributed by atoms with Gasteiger partial charge in [0.15, 0.2) is 5.16 Å². The molecule has 0 saturated carbocycles. The Balaban J connectivity index is 1.34. The predicted octanol–water partition coefficient (Wildman–Crippen LogP) is 4.36. The first-order valence-electron chi connectivity index (χ1n) is 11.8. The molecule has 2 aromatic heterocycles. The minimum atomic E-state index is -0.419. The van der Waals surface area contributed by atoms with Crippen LogP contribution < -0.4 is 11.0 Å². The molecule has 1 aliphatic carbocycles. The van der Waals surface area contributed by atoms with Crippen molar-refractivity contribution < 1.29 is 14.3 Å². The maximum Gasteiger partial charge on any atom is 0.337 e. The monoisotopic (exact) mass is 532 g/mol. The summed E-state index contributed by atoms with van der Waals surface area (Å²) in [4.78, 5) is 44.6. The van der Waals surface area contributed by atoms with E-state index in [2.05, 4.69) is 15.3 Å². The number of ether oxygens (including phenoxy) is 1. The zero-order valence-corrected chi connectivity index (χ0v) is 21.7. The number of benzene rings is 2. The summed E-state index contributed by atoms with van der Waals surface area (Å²) in [5.74, 6) is -0.710. The van der Waals surface area contributed by atoms with E-state index in [1.165, 1.54) is 30.0 Å². The molecular weight excluding hydrogens is 508 g/mol. The van der Waals surface area contributed by atoms with Crippen LogP contribution in [0, 0.1) is 0 Å². The quantitative estimate of drug-likeness (QED) is 0.125. The molecule has 0 bridgehead atoms. The van der Waals surface area contributed by atoms with E-state index in [-0.39, 0.29) is 17.2 Å². The number of rotatable bonds is 7. The molecule has 2 aromatic carbocycles. The van der Waals surface area contributed by atoms with Crippen molar-refractivity contribution in [2.24, 2.45) is 5.10 Å². The Hall–Kier alpha value is -3.76. The van der Waals surface area contributed by atoms with Crippen molar-refractivity contribution in [1.82, 2.24) is 15.0 Å². The van der Waals surface area contributed by atoms with E-state index in [1.54, 1.807) is 40.2 Å². The van der Waals surface area contributed by atoms with Crippen molar-refractivity contribution >= 4 is 51.4 Å². The number of nitrogens with one attached hydrogen (secondary N) is 1. The number of hydrogen-bond acceptors (Lipinski definition) is 8. The first-order valence-corrected chi connectivity index (χ1v) is 13.6. The Morgan fingerprint density at radius 2 is 1.89 bits per heavy atom. The fourth-order valence-electron chi connectivity index (χ4n) is 4.25. The molecule has 1 amide bonds. The standard InChI is InChI=1S/C27H24N4O4S2/c1-35-26(34)18-13-11-17(12-14-18)15-28-30-22(32)16-36-27-29-24-23(20-9-5-6-10-21(20)37-24)25(33)31(27)19-7-3-2-4-8-19/h2-4,7-8,11-15H,5-6,9-10,16H2,1H3,(H,30,32)/b28-15-. The summed E-state index contributed by atoms with van der Waals surface area (Å²) in [6, 6.07) is 16.0. The minimum Gasteiger partial charge on any atom is -0.465 e. The Bertz CT molecular complexity index is 1540. The second kappa shape index (κ2) is 11.1. The van der Waals surface area contributed by atoms with Crippen LogP contribution in [0.5, 0.6) is 0 Å². The molecular formula is C27H24N4O4S2. The van der Waals surface area contributed by atoms with Gasteiger partial charge in [0.05, 0.1) is 35.7 Å². The predicted molar refractivity (Wildman–Crippen MR) is 146 cm³/mol. The molecule has 5 rings (SSSR count). The number of fused-ring (bicyclic) bond motifs is 3. The summed E-state index contributed by atoms with van der Waals surface area (Å²) in [6.07, 6.45) is 5.58. The van der Waals surface area contributed by atoms with Crippen LogP contribution in [0.25, 0.3) is 15.9 Å². The molecule has 37 heavy (non-hydrogen) atoms. The van der Waals surface area contributed by atoms with Gasteiger partial charge in [0.1, 0.15) is 4.83 Å². The highest BCUT2D eigenvalue weighted by Crippen LogP contribution is 2.35. The van der Waals surface area contributed by atoms with Crippen LogP contribution in [0.15, 0.2) is 69.6 Å². The Morgan fingerprint density at radius 1 is 1.14 bits per heavy atom. The number of hydrogen-bond donors (Lipinski definition) is 1. The van der Waals surface area contributed by atoms with E-state index >= 15 is 0 Å². The van der Waals surface area contributed by atoms with Gasteiger partial charge in [-0.3, -0.25) is 14.2 Å². The molecule has 0 fully saturated rings. The van der Waals surface area contributed by atoms with Crippen LogP contribution >= 0.6 is 23.1 Å². The number of esters is 1. The highest BCUT2D eigenvalue weighted by atomic mass is 32.2. The molecule has 0 saturated heterocycles. The second-order valence-corrected chi connectivity index (χ2v) is 10.5. The van der Waals surface area contributed by atoms with Crippen LogP contribution in [0.2, 0.25) is 0 Å². The van der Waals surface area contributed by atoms with Gasteiger partial charge in [-0.25, -0.2) is 15.2 Å². The van der Waals surface area contributed by atoms with Crippen molar-refractivity contribution in [1.29, 1.82) is 0 Å². The van der Waals surface area contributed by atoms with E-state index in [1.807, 2.05) is 30.3 Å². The zero-order chi connectivity index (χ0) is 25.8. The smallest absolute Gasteiger partial charge is 0.337 e. The summed E-state index contributed by atoms with van der Waals surface area (Å²) >= 11 is 2.79. The second-order valence-electron chi connectivity index (χ2n) is 8.46. The van der Waals surface area contributed by atoms with Crippen LogP contribution in [0.4, 0.5) is 0 Å². The summed E-state index contributed by atoms with van der Waals surface area (Å²) in [7, 11) is 1.33. The number of para-hydroxylation sites is 1. The molecule has 10 heteroatoms. The lowest BCUT2D eigenvalue weighted by Crippen LogP contribution is -2.24. The van der Waals surface area contributed by atoms with E-state index in [4.69, 9.17) is 4.98 Å². The van der Waals surface area contributed by atoms with Crippen LogP contribution in [0.3, 0.4) is 0 Å². The van der Waals surface area contributed by atoms with Crippen LogP contribution in [-0.4, -0.2) is 40.5 Å². The van der Waals surface area contributed by atoms with Gasteiger partial charge in [-0.05, 0) is 61.1 Å². The Kier molecular flexibility index (Phi) is 7.47. The summed E-state index contributed by atoms with van der Waals surface area (Å²) in [5.41, 5.74) is 5.41. The number of hydrazone groups is 1. The van der Waals surface area contributed by atoms with Gasteiger partial charge in [0, 0.05) is 4.88 Å². The lowest BCUT2D eigenvalue weighted by Gasteiger charge is -2.13. The summed E-state index contributed by atoms with van der Waals surface area (Å²) in [6.45, 7) is 0. The largest absolute Gasteiger partial charge is 0.465 e. The van der Waals surface area contributed by atoms with Crippen molar-refractivity contribution in [2.45, 2.75) is 30.8 Å². The summed E-state index contributed by atoms with van der Waals surface area (Å²) in [5, 5.41) is 5.18. The van der Waals surface area contributed by atoms with Crippen LogP contribution in [0.1, 0.15) is 39.2 Å². The van der Waals surface area contributed by atoms with Gasteiger partial charge < -0.3 is 4.74 Å². The first-order chi connectivity index (χ1) is 18.0. The highest BCUT2D eigenvalue weighted by molar-refractivity contribution is 7.99. The van der Waals surface area contributed by atoms with Gasteiger partial charge >= 0.3 is 5.97 Å². The van der Waals surface area contributed by atoms with Gasteiger partial charge in [0.2, 0.25) is 0 Å². The van der Waals surface area contributed by atoms with E-state index in [9.17, 15) is 14.4 Å². The lowest BCUT2D eigenvalue weighted by atomic mass is 9.97. The minimum absolute atomic E-state index is 0.0362. The van der Waals surface area contributed by atoms with Crippen molar-refractivity contribution in [3.05, 3.63) is 86.5 Å². The molecule has 8 nitrogen and oxygen atoms in total. The number of thioether (sulfide) groups is 1. The third-order valence-electron chi connectivity index (χ3n) is 6.04. The fourth-order valence-corrected chi connectivity index (χ4v) is 6.36. The highest BCUT2D eigenvalue weighted by Gasteiger charge is 2.23. The van der Waals surface area contributed by atoms with Crippen molar-refractivity contribution in [3.63, 3.8) is 0 Å². The number of nitrogens with zero attached hydrogens (tertiary/aromatic N) is 3. The number of amides is 1. The van der Waals surface area contributed by atoms with Gasteiger partial charge in [0.25, 0.3) is 11.5 Å². The van der Waals surface area contributed by atoms with E-state index < -0.39 is 5.97 Å². The van der Waals surface area contributed by atoms with Gasteiger partial charge in [-0.1, -0.05) is 42.1 Å². The number of thiophene rings is 1. The number of aryl methyl sites for hydroxylation is 2. The number of methoxy groups -OCH3 is 1. The average molecular weight is 533 g/mol. The van der Waals surface area contributed by atoms with Gasteiger partial charge in [-0.2, -0.15) is 5.10 Å². The first kappa shape index (κ1) is 24.9. The summed E-state index contributed by atoms with van der Waals surface area (Å²) < 4.78 is 6.29. The average Bonchev–Trinajstić information content (AvgIpc) is 3.31. The molecule has 0 radical (unpaired) electrons. The maximum absolute atomic E-state index is 13.7. The molecule has 4 aromatic rings. The zero-order valence-electron chi connectivity index (χ0n) is 20.1. The number of carbonyl (C=O) groups excluding carboxylic acids is 2. The molecule has 2 heterocycles. The maximum atomic E-state index is 13.7. The Labute approximate surface area is 221 Å². The third kappa shape index (κ3) is 5.35. The molecule has 0 atom stereocenters. The van der Waals surface area contributed by atoms with Gasteiger partial charge in [-0.15, -0.1) is 11.3 Å².